The summed E-state index contributed by atoms with van der Waals surface area (Å²) in [5, 5.41) is 0. The standard InChI is InChI=1S/C24H41N3/c1-23(2,3)20-11-13-26(14-12-20)18-19-9-15-27(16-10-19)22-8-7-21(17-25-22)24(4,5)6/h7-8,17,19-20H,9-16,18H2,1-6H3. The van der Waals surface area contributed by atoms with E-state index in [1.54, 1.807) is 0 Å². The number of hydrogen-bond donors (Lipinski definition) is 0. The second-order valence-corrected chi connectivity index (χ2v) is 11.0. The molecule has 3 rings (SSSR count). The number of aromatic nitrogens is 1. The van der Waals surface area contributed by atoms with E-state index in [0.29, 0.717) is 5.41 Å². The molecule has 3 heterocycles. The van der Waals surface area contributed by atoms with E-state index in [2.05, 4.69) is 69.7 Å². The zero-order chi connectivity index (χ0) is 19.7. The molecule has 0 radical (unpaired) electrons. The first kappa shape index (κ1) is 20.6. The molecule has 2 fully saturated rings. The summed E-state index contributed by atoms with van der Waals surface area (Å²) in [4.78, 5) is 9.97. The minimum atomic E-state index is 0.180. The van der Waals surface area contributed by atoms with E-state index in [0.717, 1.165) is 30.7 Å². The molecule has 2 aliphatic rings. The number of nitrogens with zero attached hydrogens (tertiary/aromatic N) is 3. The number of pyridine rings is 1. The lowest BCUT2D eigenvalue weighted by Gasteiger charge is -2.41. The minimum absolute atomic E-state index is 0.180. The van der Waals surface area contributed by atoms with Crippen molar-refractivity contribution >= 4 is 5.82 Å². The molecule has 27 heavy (non-hydrogen) atoms. The Kier molecular flexibility index (Phi) is 6.20. The van der Waals surface area contributed by atoms with Crippen molar-refractivity contribution in [2.45, 2.75) is 72.6 Å². The van der Waals surface area contributed by atoms with Gasteiger partial charge in [-0.05, 0) is 73.1 Å². The third-order valence-electron chi connectivity index (χ3n) is 6.88. The highest BCUT2D eigenvalue weighted by atomic mass is 15.2. The molecule has 0 unspecified atom stereocenters. The van der Waals surface area contributed by atoms with Crippen LogP contribution < -0.4 is 4.90 Å². The fourth-order valence-corrected chi connectivity index (χ4v) is 4.71. The van der Waals surface area contributed by atoms with Crippen molar-refractivity contribution in [3.05, 3.63) is 23.9 Å². The summed E-state index contributed by atoms with van der Waals surface area (Å²) in [7, 11) is 0. The van der Waals surface area contributed by atoms with Crippen molar-refractivity contribution in [3.63, 3.8) is 0 Å². The predicted molar refractivity (Wildman–Crippen MR) is 116 cm³/mol. The van der Waals surface area contributed by atoms with Gasteiger partial charge in [-0.2, -0.15) is 0 Å². The van der Waals surface area contributed by atoms with Crippen molar-refractivity contribution in [1.82, 2.24) is 9.88 Å². The predicted octanol–water partition coefficient (Wildman–Crippen LogP) is 5.35. The van der Waals surface area contributed by atoms with Crippen LogP contribution in [0.2, 0.25) is 0 Å². The van der Waals surface area contributed by atoms with Crippen LogP contribution in [0.5, 0.6) is 0 Å². The zero-order valence-corrected chi connectivity index (χ0v) is 18.6. The number of piperidine rings is 2. The molecule has 0 amide bonds. The van der Waals surface area contributed by atoms with Crippen molar-refractivity contribution in [3.8, 4) is 0 Å². The Morgan fingerprint density at radius 1 is 0.889 bits per heavy atom. The van der Waals surface area contributed by atoms with Crippen LogP contribution in [0.3, 0.4) is 0 Å². The van der Waals surface area contributed by atoms with Crippen LogP contribution in [-0.4, -0.2) is 42.6 Å². The van der Waals surface area contributed by atoms with Gasteiger partial charge in [-0.1, -0.05) is 47.6 Å². The highest BCUT2D eigenvalue weighted by molar-refractivity contribution is 5.40. The van der Waals surface area contributed by atoms with Gasteiger partial charge in [0, 0.05) is 25.8 Å². The lowest BCUT2D eigenvalue weighted by molar-refractivity contribution is 0.0971. The summed E-state index contributed by atoms with van der Waals surface area (Å²) in [5.41, 5.74) is 1.98. The van der Waals surface area contributed by atoms with Gasteiger partial charge in [0.05, 0.1) is 0 Å². The summed E-state index contributed by atoms with van der Waals surface area (Å²) >= 11 is 0. The highest BCUT2D eigenvalue weighted by Crippen LogP contribution is 2.35. The molecule has 0 spiro atoms. The Labute approximate surface area is 167 Å². The maximum atomic E-state index is 4.76. The second-order valence-electron chi connectivity index (χ2n) is 11.0. The molecule has 3 heteroatoms. The van der Waals surface area contributed by atoms with Crippen LogP contribution in [0.25, 0.3) is 0 Å². The van der Waals surface area contributed by atoms with Crippen LogP contribution in [0.15, 0.2) is 18.3 Å². The van der Waals surface area contributed by atoms with E-state index in [1.807, 2.05) is 0 Å². The smallest absolute Gasteiger partial charge is 0.128 e. The number of hydrogen-bond acceptors (Lipinski definition) is 3. The van der Waals surface area contributed by atoms with E-state index in [1.165, 1.54) is 50.9 Å². The van der Waals surface area contributed by atoms with Crippen LogP contribution in [0.4, 0.5) is 5.82 Å². The van der Waals surface area contributed by atoms with Crippen LogP contribution >= 0.6 is 0 Å². The molecule has 0 saturated carbocycles. The third kappa shape index (κ3) is 5.47. The van der Waals surface area contributed by atoms with Crippen molar-refractivity contribution < 1.29 is 0 Å². The van der Waals surface area contributed by atoms with Gasteiger partial charge in [0.2, 0.25) is 0 Å². The molecule has 3 nitrogen and oxygen atoms in total. The minimum Gasteiger partial charge on any atom is -0.357 e. The molecular formula is C24H41N3. The quantitative estimate of drug-likeness (QED) is 0.713. The van der Waals surface area contributed by atoms with E-state index >= 15 is 0 Å². The Morgan fingerprint density at radius 2 is 1.52 bits per heavy atom. The second kappa shape index (κ2) is 8.11. The summed E-state index contributed by atoms with van der Waals surface area (Å²) in [6.07, 6.45) is 7.45. The lowest BCUT2D eigenvalue weighted by atomic mass is 9.75. The Balaban J connectivity index is 1.44. The molecule has 152 valence electrons. The van der Waals surface area contributed by atoms with Crippen LogP contribution in [0.1, 0.15) is 72.8 Å². The Hall–Kier alpha value is -1.09. The summed E-state index contributed by atoms with van der Waals surface area (Å²) in [5.74, 6) is 2.92. The summed E-state index contributed by atoms with van der Waals surface area (Å²) < 4.78 is 0. The molecule has 1 aromatic heterocycles. The lowest BCUT2D eigenvalue weighted by Crippen LogP contribution is -2.43. The van der Waals surface area contributed by atoms with Crippen molar-refractivity contribution in [1.29, 1.82) is 0 Å². The largest absolute Gasteiger partial charge is 0.357 e. The Morgan fingerprint density at radius 3 is 2.00 bits per heavy atom. The average molecular weight is 372 g/mol. The maximum Gasteiger partial charge on any atom is 0.128 e. The van der Waals surface area contributed by atoms with Gasteiger partial charge < -0.3 is 9.80 Å². The number of anilines is 1. The molecule has 0 N–H and O–H groups in total. The summed E-state index contributed by atoms with van der Waals surface area (Å²) in [6, 6.07) is 4.48. The van der Waals surface area contributed by atoms with E-state index in [4.69, 9.17) is 4.98 Å². The number of likely N-dealkylation sites (tertiary alicyclic amines) is 1. The van der Waals surface area contributed by atoms with Crippen LogP contribution in [0, 0.1) is 17.3 Å². The Bertz CT molecular complexity index is 578. The van der Waals surface area contributed by atoms with Gasteiger partial charge in [0.25, 0.3) is 0 Å². The van der Waals surface area contributed by atoms with Crippen molar-refractivity contribution in [2.24, 2.45) is 17.3 Å². The average Bonchev–Trinajstić information content (AvgIpc) is 2.61. The first-order valence-electron chi connectivity index (χ1n) is 11.1. The van der Waals surface area contributed by atoms with Gasteiger partial charge in [0.1, 0.15) is 5.82 Å². The van der Waals surface area contributed by atoms with E-state index < -0.39 is 0 Å². The molecule has 0 aromatic carbocycles. The molecule has 0 aliphatic carbocycles. The van der Waals surface area contributed by atoms with E-state index in [9.17, 15) is 0 Å². The fraction of sp³-hybridized carbons (Fsp3) is 0.792. The normalized spacial score (nSPS) is 21.6. The monoisotopic (exact) mass is 371 g/mol. The molecule has 0 bridgehead atoms. The van der Waals surface area contributed by atoms with Crippen LogP contribution in [-0.2, 0) is 5.41 Å². The summed E-state index contributed by atoms with van der Waals surface area (Å²) in [6.45, 7) is 20.2. The molecule has 0 atom stereocenters. The first-order valence-corrected chi connectivity index (χ1v) is 11.1. The number of rotatable bonds is 3. The van der Waals surface area contributed by atoms with Gasteiger partial charge in [0.15, 0.2) is 0 Å². The topological polar surface area (TPSA) is 19.4 Å². The fourth-order valence-electron chi connectivity index (χ4n) is 4.71. The van der Waals surface area contributed by atoms with E-state index in [-0.39, 0.29) is 5.41 Å². The van der Waals surface area contributed by atoms with Gasteiger partial charge in [-0.3, -0.25) is 0 Å². The first-order chi connectivity index (χ1) is 12.6. The maximum absolute atomic E-state index is 4.76. The van der Waals surface area contributed by atoms with Gasteiger partial charge in [-0.15, -0.1) is 0 Å². The van der Waals surface area contributed by atoms with Gasteiger partial charge >= 0.3 is 0 Å². The SMILES string of the molecule is CC(C)(C)c1ccc(N2CCC(CN3CCC(C(C)(C)C)CC3)CC2)nc1. The third-order valence-corrected chi connectivity index (χ3v) is 6.88. The molecule has 1 aromatic rings. The zero-order valence-electron chi connectivity index (χ0n) is 18.6. The van der Waals surface area contributed by atoms with Crippen molar-refractivity contribution in [2.75, 3.05) is 37.6 Å². The highest BCUT2D eigenvalue weighted by Gasteiger charge is 2.30. The molecule has 2 aliphatic heterocycles. The van der Waals surface area contributed by atoms with Gasteiger partial charge in [-0.25, -0.2) is 4.98 Å². The molecular weight excluding hydrogens is 330 g/mol. The molecule has 2 saturated heterocycles.